The molecular weight excluding hydrogens is 394 g/mol. The molecule has 0 spiro atoms. The molecule has 0 radical (unpaired) electrons. The van der Waals surface area contributed by atoms with Gasteiger partial charge in [-0.15, -0.1) is 0 Å². The van der Waals surface area contributed by atoms with Gasteiger partial charge in [0.1, 0.15) is 17.7 Å². The van der Waals surface area contributed by atoms with Crippen LogP contribution in [0, 0.1) is 12.8 Å². The van der Waals surface area contributed by atoms with Crippen molar-refractivity contribution in [3.8, 4) is 0 Å². The Labute approximate surface area is 186 Å². The van der Waals surface area contributed by atoms with Gasteiger partial charge in [0.05, 0.1) is 0 Å². The first kappa shape index (κ1) is 26.5. The van der Waals surface area contributed by atoms with Gasteiger partial charge >= 0.3 is 6.09 Å². The minimum atomic E-state index is -0.839. The van der Waals surface area contributed by atoms with Crippen LogP contribution in [0.1, 0.15) is 72.6 Å². The van der Waals surface area contributed by atoms with Gasteiger partial charge in [-0.05, 0) is 59.9 Å². The van der Waals surface area contributed by atoms with E-state index < -0.39 is 29.3 Å². The highest BCUT2D eigenvalue weighted by atomic mass is 16.6. The van der Waals surface area contributed by atoms with E-state index >= 15 is 0 Å². The summed E-state index contributed by atoms with van der Waals surface area (Å²) in [5, 5.41) is 5.64. The number of benzene rings is 1. The fourth-order valence-corrected chi connectivity index (χ4v) is 3.03. The molecule has 1 rings (SSSR count). The van der Waals surface area contributed by atoms with Crippen LogP contribution in [0.5, 0.6) is 0 Å². The minimum absolute atomic E-state index is 0.202. The number of likely N-dealkylation sites (N-methyl/N-ethyl adjacent to an activating group) is 1. The first-order valence-electron chi connectivity index (χ1n) is 10.7. The molecule has 2 unspecified atom stereocenters. The Morgan fingerprint density at radius 2 is 1.48 bits per heavy atom. The van der Waals surface area contributed by atoms with E-state index in [2.05, 4.69) is 10.6 Å². The highest BCUT2D eigenvalue weighted by Crippen LogP contribution is 2.23. The minimum Gasteiger partial charge on any atom is -0.444 e. The second kappa shape index (κ2) is 10.2. The number of ether oxygens (including phenoxy) is 1. The first-order chi connectivity index (χ1) is 14.0. The van der Waals surface area contributed by atoms with Gasteiger partial charge < -0.3 is 20.3 Å². The van der Waals surface area contributed by atoms with E-state index in [1.807, 2.05) is 65.8 Å². The Morgan fingerprint density at radius 1 is 0.968 bits per heavy atom. The second-order valence-electron chi connectivity index (χ2n) is 10.4. The molecule has 7 nitrogen and oxygen atoms in total. The standard InChI is InChI=1S/C24H39N3O4/c1-15(2)18(25-22(30)31-24(7,8)9)21(29)27(10)19(20(28)26-23(4,5)6)17-13-11-16(3)12-14-17/h11-15,18-19H,1-10H3,(H,25,30)(H,26,28). The highest BCUT2D eigenvalue weighted by molar-refractivity contribution is 5.92. The van der Waals surface area contributed by atoms with E-state index in [1.165, 1.54) is 4.90 Å². The van der Waals surface area contributed by atoms with E-state index in [-0.39, 0.29) is 17.7 Å². The summed E-state index contributed by atoms with van der Waals surface area (Å²) >= 11 is 0. The van der Waals surface area contributed by atoms with Crippen molar-refractivity contribution in [1.29, 1.82) is 0 Å². The topological polar surface area (TPSA) is 87.7 Å². The van der Waals surface area contributed by atoms with Crippen LogP contribution in [0.4, 0.5) is 4.79 Å². The molecular formula is C24H39N3O4. The smallest absolute Gasteiger partial charge is 0.408 e. The van der Waals surface area contributed by atoms with Gasteiger partial charge in [-0.2, -0.15) is 0 Å². The Kier molecular flexibility index (Phi) is 8.67. The summed E-state index contributed by atoms with van der Waals surface area (Å²) in [6.45, 7) is 16.6. The van der Waals surface area contributed by atoms with Crippen molar-refractivity contribution < 1.29 is 19.1 Å². The van der Waals surface area contributed by atoms with E-state index in [4.69, 9.17) is 4.74 Å². The van der Waals surface area contributed by atoms with Crippen LogP contribution in [-0.4, -0.2) is 47.0 Å². The van der Waals surface area contributed by atoms with Crippen molar-refractivity contribution in [2.75, 3.05) is 7.05 Å². The predicted octanol–water partition coefficient (Wildman–Crippen LogP) is 3.96. The van der Waals surface area contributed by atoms with Crippen molar-refractivity contribution in [3.63, 3.8) is 0 Å². The quantitative estimate of drug-likeness (QED) is 0.711. The van der Waals surface area contributed by atoms with Crippen LogP contribution in [-0.2, 0) is 14.3 Å². The summed E-state index contributed by atoms with van der Waals surface area (Å²) < 4.78 is 5.32. The van der Waals surface area contributed by atoms with E-state index in [0.717, 1.165) is 5.56 Å². The maximum absolute atomic E-state index is 13.4. The number of nitrogens with zero attached hydrogens (tertiary/aromatic N) is 1. The average Bonchev–Trinajstić information content (AvgIpc) is 2.57. The van der Waals surface area contributed by atoms with Crippen LogP contribution in [0.3, 0.4) is 0 Å². The van der Waals surface area contributed by atoms with Crippen LogP contribution >= 0.6 is 0 Å². The average molecular weight is 434 g/mol. The summed E-state index contributed by atoms with van der Waals surface area (Å²) in [5.41, 5.74) is 0.607. The van der Waals surface area contributed by atoms with Crippen molar-refractivity contribution in [2.45, 2.75) is 85.5 Å². The van der Waals surface area contributed by atoms with Crippen LogP contribution in [0.15, 0.2) is 24.3 Å². The molecule has 0 aliphatic rings. The number of aryl methyl sites for hydroxylation is 1. The molecule has 0 heterocycles. The maximum atomic E-state index is 13.4. The van der Waals surface area contributed by atoms with Gasteiger partial charge in [0.25, 0.3) is 0 Å². The first-order valence-corrected chi connectivity index (χ1v) is 10.7. The number of alkyl carbamates (subject to hydrolysis) is 1. The third-order valence-electron chi connectivity index (χ3n) is 4.48. The number of nitrogens with one attached hydrogen (secondary N) is 2. The Bertz CT molecular complexity index is 773. The summed E-state index contributed by atoms with van der Waals surface area (Å²) in [4.78, 5) is 40.3. The molecule has 3 amide bonds. The normalized spacial score (nSPS) is 13.9. The summed E-state index contributed by atoms with van der Waals surface area (Å²) in [7, 11) is 1.58. The molecule has 0 fully saturated rings. The lowest BCUT2D eigenvalue weighted by Crippen LogP contribution is -2.54. The largest absolute Gasteiger partial charge is 0.444 e. The molecule has 174 valence electrons. The summed E-state index contributed by atoms with van der Waals surface area (Å²) in [5.74, 6) is -0.853. The molecule has 2 atom stereocenters. The Morgan fingerprint density at radius 3 is 1.90 bits per heavy atom. The zero-order valence-corrected chi connectivity index (χ0v) is 20.6. The van der Waals surface area contributed by atoms with Gasteiger partial charge in [-0.25, -0.2) is 4.79 Å². The summed E-state index contributed by atoms with van der Waals surface area (Å²) in [6, 6.07) is 5.83. The van der Waals surface area contributed by atoms with Gasteiger partial charge in [0.2, 0.25) is 11.8 Å². The van der Waals surface area contributed by atoms with Crippen LogP contribution < -0.4 is 10.6 Å². The molecule has 7 heteroatoms. The molecule has 0 aliphatic carbocycles. The number of amides is 3. The van der Waals surface area contributed by atoms with E-state index in [1.54, 1.807) is 27.8 Å². The molecule has 1 aromatic rings. The number of hydrogen-bond acceptors (Lipinski definition) is 4. The fourth-order valence-electron chi connectivity index (χ4n) is 3.03. The fraction of sp³-hybridized carbons (Fsp3) is 0.625. The zero-order valence-electron chi connectivity index (χ0n) is 20.6. The van der Waals surface area contributed by atoms with E-state index in [9.17, 15) is 14.4 Å². The predicted molar refractivity (Wildman–Crippen MR) is 123 cm³/mol. The number of carbonyl (C=O) groups excluding carboxylic acids is 3. The van der Waals surface area contributed by atoms with Gasteiger partial charge in [0.15, 0.2) is 0 Å². The molecule has 0 aromatic heterocycles. The van der Waals surface area contributed by atoms with Crippen LogP contribution in [0.25, 0.3) is 0 Å². The molecule has 31 heavy (non-hydrogen) atoms. The lowest BCUT2D eigenvalue weighted by molar-refractivity contribution is -0.142. The maximum Gasteiger partial charge on any atom is 0.408 e. The monoisotopic (exact) mass is 433 g/mol. The molecule has 0 saturated carbocycles. The Hall–Kier alpha value is -2.57. The third kappa shape index (κ3) is 8.59. The van der Waals surface area contributed by atoms with Crippen molar-refractivity contribution in [3.05, 3.63) is 35.4 Å². The molecule has 0 bridgehead atoms. The SMILES string of the molecule is Cc1ccc(C(C(=O)NC(C)(C)C)N(C)C(=O)C(NC(=O)OC(C)(C)C)C(C)C)cc1. The van der Waals surface area contributed by atoms with Gasteiger partial charge in [-0.3, -0.25) is 9.59 Å². The zero-order chi connectivity index (χ0) is 24.1. The molecule has 0 aliphatic heterocycles. The highest BCUT2D eigenvalue weighted by Gasteiger charge is 2.36. The number of carbonyl (C=O) groups is 3. The van der Waals surface area contributed by atoms with Gasteiger partial charge in [-0.1, -0.05) is 43.7 Å². The van der Waals surface area contributed by atoms with E-state index in [0.29, 0.717) is 5.56 Å². The van der Waals surface area contributed by atoms with Crippen molar-refractivity contribution in [2.24, 2.45) is 5.92 Å². The number of rotatable bonds is 6. The molecule has 0 saturated heterocycles. The molecule has 2 N–H and O–H groups in total. The molecule has 1 aromatic carbocycles. The number of hydrogen-bond donors (Lipinski definition) is 2. The third-order valence-corrected chi connectivity index (χ3v) is 4.48. The lowest BCUT2D eigenvalue weighted by atomic mass is 9.98. The van der Waals surface area contributed by atoms with Crippen LogP contribution in [0.2, 0.25) is 0 Å². The van der Waals surface area contributed by atoms with Crippen molar-refractivity contribution in [1.82, 2.24) is 15.5 Å². The van der Waals surface area contributed by atoms with Crippen molar-refractivity contribution >= 4 is 17.9 Å². The lowest BCUT2D eigenvalue weighted by Gasteiger charge is -2.34. The Balaban J connectivity index is 3.23. The summed E-state index contributed by atoms with van der Waals surface area (Å²) in [6.07, 6.45) is -0.668. The second-order valence-corrected chi connectivity index (χ2v) is 10.4. The van der Waals surface area contributed by atoms with Gasteiger partial charge in [0, 0.05) is 12.6 Å².